The van der Waals surface area contributed by atoms with E-state index in [0.29, 0.717) is 17.8 Å². The molecule has 0 spiro atoms. The molecule has 108 valence electrons. The van der Waals surface area contributed by atoms with Gasteiger partial charge < -0.3 is 15.8 Å². The molecule has 2 rings (SSSR count). The number of hydrogen-bond acceptors (Lipinski definition) is 6. The molecule has 0 amide bonds. The monoisotopic (exact) mass is 279 g/mol. The van der Waals surface area contributed by atoms with Gasteiger partial charge >= 0.3 is 0 Å². The zero-order chi connectivity index (χ0) is 14.9. The van der Waals surface area contributed by atoms with Crippen molar-refractivity contribution in [1.82, 2.24) is 4.98 Å². The summed E-state index contributed by atoms with van der Waals surface area (Å²) in [7, 11) is 1.88. The molecule has 3 N–H and O–H groups in total. The molecule has 8 heteroatoms. The predicted octanol–water partition coefficient (Wildman–Crippen LogP) is 1.32. The molecule has 1 aliphatic carbocycles. The Labute approximate surface area is 116 Å². The Morgan fingerprint density at radius 2 is 2.30 bits per heavy atom. The number of anilines is 1. The van der Waals surface area contributed by atoms with Gasteiger partial charge in [0, 0.05) is 19.2 Å². The highest BCUT2D eigenvalue weighted by molar-refractivity contribution is 5.99. The third-order valence-electron chi connectivity index (χ3n) is 3.68. The molecule has 0 aliphatic heterocycles. The maximum Gasteiger partial charge on any atom is 0.298 e. The second-order valence-electron chi connectivity index (χ2n) is 4.97. The Morgan fingerprint density at radius 1 is 1.65 bits per heavy atom. The SMILES string of the molecule is CC(C1CC1)N(C)c1ccc([N+](=O)[O-])c(/C(N)=N/O)n1. The molecule has 8 nitrogen and oxygen atoms in total. The van der Waals surface area contributed by atoms with Gasteiger partial charge in [-0.1, -0.05) is 5.16 Å². The molecular formula is C12H17N5O3. The molecule has 1 atom stereocenters. The number of nitrogens with two attached hydrogens (primary N) is 1. The van der Waals surface area contributed by atoms with Crippen LogP contribution in [0.4, 0.5) is 11.5 Å². The first kappa shape index (κ1) is 14.0. The van der Waals surface area contributed by atoms with Crippen LogP contribution in [-0.2, 0) is 0 Å². The average Bonchev–Trinajstić information content (AvgIpc) is 3.28. The lowest BCUT2D eigenvalue weighted by molar-refractivity contribution is -0.385. The number of oxime groups is 1. The van der Waals surface area contributed by atoms with E-state index in [1.807, 2.05) is 11.9 Å². The van der Waals surface area contributed by atoms with Gasteiger partial charge in [0.25, 0.3) is 5.69 Å². The Kier molecular flexibility index (Phi) is 3.73. The summed E-state index contributed by atoms with van der Waals surface area (Å²) in [5.74, 6) is 0.826. The van der Waals surface area contributed by atoms with Crippen molar-refractivity contribution in [3.05, 3.63) is 27.9 Å². The van der Waals surface area contributed by atoms with Crippen LogP contribution in [0.3, 0.4) is 0 Å². The number of nitro groups is 1. The zero-order valence-electron chi connectivity index (χ0n) is 11.4. The fourth-order valence-corrected chi connectivity index (χ4v) is 2.12. The van der Waals surface area contributed by atoms with Crippen molar-refractivity contribution >= 4 is 17.3 Å². The van der Waals surface area contributed by atoms with Crippen LogP contribution in [0.15, 0.2) is 17.3 Å². The second-order valence-corrected chi connectivity index (χ2v) is 4.97. The maximum atomic E-state index is 10.9. The maximum absolute atomic E-state index is 10.9. The van der Waals surface area contributed by atoms with E-state index in [1.54, 1.807) is 6.07 Å². The zero-order valence-corrected chi connectivity index (χ0v) is 11.4. The summed E-state index contributed by atoms with van der Waals surface area (Å²) in [6.07, 6.45) is 2.37. The molecule has 1 aromatic rings. The first-order valence-corrected chi connectivity index (χ1v) is 6.32. The van der Waals surface area contributed by atoms with E-state index >= 15 is 0 Å². The number of hydrogen-bond donors (Lipinski definition) is 2. The molecule has 1 heterocycles. The van der Waals surface area contributed by atoms with E-state index in [1.165, 1.54) is 18.9 Å². The lowest BCUT2D eigenvalue weighted by Gasteiger charge is -2.26. The van der Waals surface area contributed by atoms with Crippen LogP contribution in [0, 0.1) is 16.0 Å². The van der Waals surface area contributed by atoms with E-state index in [-0.39, 0.29) is 17.2 Å². The number of amidine groups is 1. The van der Waals surface area contributed by atoms with Crippen molar-refractivity contribution in [1.29, 1.82) is 0 Å². The van der Waals surface area contributed by atoms with Gasteiger partial charge in [0.05, 0.1) is 4.92 Å². The highest BCUT2D eigenvalue weighted by Gasteiger charge is 2.31. The minimum atomic E-state index is -0.603. The second kappa shape index (κ2) is 5.32. The molecular weight excluding hydrogens is 262 g/mol. The van der Waals surface area contributed by atoms with Crippen LogP contribution in [-0.4, -0.2) is 34.0 Å². The largest absolute Gasteiger partial charge is 0.409 e. The minimum Gasteiger partial charge on any atom is -0.409 e. The Bertz CT molecular complexity index is 556. The lowest BCUT2D eigenvalue weighted by Crippen LogP contribution is -2.32. The third-order valence-corrected chi connectivity index (χ3v) is 3.68. The highest BCUT2D eigenvalue weighted by Crippen LogP contribution is 2.36. The molecule has 1 aromatic heterocycles. The quantitative estimate of drug-likeness (QED) is 0.276. The molecule has 1 fully saturated rings. The van der Waals surface area contributed by atoms with Crippen LogP contribution < -0.4 is 10.6 Å². The topological polar surface area (TPSA) is 118 Å². The van der Waals surface area contributed by atoms with E-state index in [2.05, 4.69) is 17.1 Å². The van der Waals surface area contributed by atoms with E-state index < -0.39 is 4.92 Å². The highest BCUT2D eigenvalue weighted by atomic mass is 16.6. The van der Waals surface area contributed by atoms with Crippen molar-refractivity contribution in [3.63, 3.8) is 0 Å². The molecule has 1 aliphatic rings. The fraction of sp³-hybridized carbons (Fsp3) is 0.500. The Hall–Kier alpha value is -2.38. The van der Waals surface area contributed by atoms with E-state index in [4.69, 9.17) is 10.9 Å². The van der Waals surface area contributed by atoms with Crippen molar-refractivity contribution in [2.24, 2.45) is 16.8 Å². The summed E-state index contributed by atoms with van der Waals surface area (Å²) < 4.78 is 0. The smallest absolute Gasteiger partial charge is 0.298 e. The third kappa shape index (κ3) is 2.63. The molecule has 0 aromatic carbocycles. The number of nitrogens with zero attached hydrogens (tertiary/aromatic N) is 4. The Morgan fingerprint density at radius 3 is 2.80 bits per heavy atom. The van der Waals surface area contributed by atoms with Crippen LogP contribution >= 0.6 is 0 Å². The standard InChI is InChI=1S/C12H17N5O3/c1-7(8-3-4-8)16(2)10-6-5-9(17(19)20)11(14-10)12(13)15-18/h5-8,18H,3-4H2,1-2H3,(H2,13,15). The Balaban J connectivity index is 2.38. The van der Waals surface area contributed by atoms with Crippen molar-refractivity contribution in [2.45, 2.75) is 25.8 Å². The van der Waals surface area contributed by atoms with Gasteiger partial charge in [0.1, 0.15) is 5.82 Å². The van der Waals surface area contributed by atoms with Gasteiger partial charge in [0.15, 0.2) is 11.5 Å². The van der Waals surface area contributed by atoms with Crippen LogP contribution in [0.2, 0.25) is 0 Å². The predicted molar refractivity (Wildman–Crippen MR) is 74.0 cm³/mol. The number of rotatable bonds is 5. The number of pyridine rings is 1. The van der Waals surface area contributed by atoms with Crippen LogP contribution in [0.1, 0.15) is 25.5 Å². The molecule has 1 saturated carbocycles. The van der Waals surface area contributed by atoms with E-state index in [9.17, 15) is 10.1 Å². The van der Waals surface area contributed by atoms with Gasteiger partial charge in [-0.3, -0.25) is 10.1 Å². The average molecular weight is 279 g/mol. The van der Waals surface area contributed by atoms with Gasteiger partial charge in [-0.25, -0.2) is 4.98 Å². The minimum absolute atomic E-state index is 0.121. The van der Waals surface area contributed by atoms with Gasteiger partial charge in [-0.2, -0.15) is 0 Å². The number of aromatic nitrogens is 1. The van der Waals surface area contributed by atoms with E-state index in [0.717, 1.165) is 0 Å². The fourth-order valence-electron chi connectivity index (χ4n) is 2.12. The normalized spacial score (nSPS) is 16.8. The van der Waals surface area contributed by atoms with Crippen LogP contribution in [0.5, 0.6) is 0 Å². The summed E-state index contributed by atoms with van der Waals surface area (Å²) in [5, 5.41) is 22.5. The van der Waals surface area contributed by atoms with Gasteiger partial charge in [-0.15, -0.1) is 0 Å². The lowest BCUT2D eigenvalue weighted by atomic mass is 10.2. The van der Waals surface area contributed by atoms with Gasteiger partial charge in [-0.05, 0) is 31.7 Å². The molecule has 0 saturated heterocycles. The van der Waals surface area contributed by atoms with Crippen molar-refractivity contribution in [3.8, 4) is 0 Å². The first-order valence-electron chi connectivity index (χ1n) is 6.32. The molecule has 0 bridgehead atoms. The first-order chi connectivity index (χ1) is 9.45. The summed E-state index contributed by atoms with van der Waals surface area (Å²) in [6, 6.07) is 3.20. The van der Waals surface area contributed by atoms with Crippen molar-refractivity contribution in [2.75, 3.05) is 11.9 Å². The molecule has 0 radical (unpaired) electrons. The summed E-state index contributed by atoms with van der Waals surface area (Å²) >= 11 is 0. The summed E-state index contributed by atoms with van der Waals surface area (Å²) in [6.45, 7) is 2.09. The van der Waals surface area contributed by atoms with Crippen LogP contribution in [0.25, 0.3) is 0 Å². The molecule has 1 unspecified atom stereocenters. The van der Waals surface area contributed by atoms with Crippen molar-refractivity contribution < 1.29 is 10.1 Å². The van der Waals surface area contributed by atoms with Gasteiger partial charge in [0.2, 0.25) is 0 Å². The summed E-state index contributed by atoms with van der Waals surface area (Å²) in [4.78, 5) is 16.5. The molecule has 20 heavy (non-hydrogen) atoms. The summed E-state index contributed by atoms with van der Waals surface area (Å²) in [5.41, 5.74) is 5.06.